The first-order valence-corrected chi connectivity index (χ1v) is 7.50. The third kappa shape index (κ3) is 5.01. The predicted molar refractivity (Wildman–Crippen MR) is 72.2 cm³/mol. The largest absolute Gasteiger partial charge is 0.476 e. The SMILES string of the molecule is CCNS(=O)(=O)CCNc1ccc(Cl)c(C(=O)O)n1. The molecule has 0 aromatic carbocycles. The Kier molecular flexibility index (Phi) is 5.52. The Balaban J connectivity index is 2.64. The van der Waals surface area contributed by atoms with Crippen LogP contribution in [0.1, 0.15) is 17.4 Å². The van der Waals surface area contributed by atoms with Crippen LogP contribution in [0.5, 0.6) is 0 Å². The normalized spacial score (nSPS) is 11.3. The van der Waals surface area contributed by atoms with Gasteiger partial charge in [-0.1, -0.05) is 18.5 Å². The molecule has 0 fully saturated rings. The maximum Gasteiger partial charge on any atom is 0.356 e. The Morgan fingerprint density at radius 3 is 2.74 bits per heavy atom. The van der Waals surface area contributed by atoms with E-state index in [1.54, 1.807) is 6.92 Å². The number of carboxylic acid groups (broad SMARTS) is 1. The van der Waals surface area contributed by atoms with Gasteiger partial charge in [0.15, 0.2) is 5.69 Å². The first kappa shape index (κ1) is 15.7. The number of nitrogens with one attached hydrogen (secondary N) is 2. The average molecular weight is 308 g/mol. The van der Waals surface area contributed by atoms with Gasteiger partial charge in [0, 0.05) is 13.1 Å². The minimum Gasteiger partial charge on any atom is -0.476 e. The number of aromatic nitrogens is 1. The van der Waals surface area contributed by atoms with Crippen molar-refractivity contribution in [2.24, 2.45) is 0 Å². The summed E-state index contributed by atoms with van der Waals surface area (Å²) in [6, 6.07) is 2.87. The lowest BCUT2D eigenvalue weighted by atomic mass is 10.3. The first-order chi connectivity index (χ1) is 8.85. The van der Waals surface area contributed by atoms with Gasteiger partial charge in [0.25, 0.3) is 0 Å². The number of nitrogens with zero attached hydrogens (tertiary/aromatic N) is 1. The average Bonchev–Trinajstić information content (AvgIpc) is 2.30. The first-order valence-electron chi connectivity index (χ1n) is 5.46. The van der Waals surface area contributed by atoms with Gasteiger partial charge >= 0.3 is 5.97 Å². The predicted octanol–water partition coefficient (Wildman–Crippen LogP) is 0.784. The van der Waals surface area contributed by atoms with Crippen molar-refractivity contribution in [2.75, 3.05) is 24.2 Å². The Hall–Kier alpha value is -1.38. The maximum absolute atomic E-state index is 11.4. The number of halogens is 1. The molecule has 0 saturated heterocycles. The van der Waals surface area contributed by atoms with Crippen LogP contribution >= 0.6 is 11.6 Å². The molecule has 0 aliphatic carbocycles. The van der Waals surface area contributed by atoms with E-state index in [4.69, 9.17) is 16.7 Å². The van der Waals surface area contributed by atoms with Crippen molar-refractivity contribution in [1.29, 1.82) is 0 Å². The highest BCUT2D eigenvalue weighted by Crippen LogP contribution is 2.16. The van der Waals surface area contributed by atoms with E-state index in [9.17, 15) is 13.2 Å². The smallest absolute Gasteiger partial charge is 0.356 e. The number of sulfonamides is 1. The molecule has 1 aromatic heterocycles. The minimum absolute atomic E-state index is 0.0262. The topological polar surface area (TPSA) is 108 Å². The van der Waals surface area contributed by atoms with Gasteiger partial charge in [-0.2, -0.15) is 0 Å². The van der Waals surface area contributed by atoms with Gasteiger partial charge in [0.05, 0.1) is 10.8 Å². The molecule has 19 heavy (non-hydrogen) atoms. The molecule has 0 aliphatic heterocycles. The van der Waals surface area contributed by atoms with Crippen molar-refractivity contribution in [1.82, 2.24) is 9.71 Å². The van der Waals surface area contributed by atoms with Crippen LogP contribution in [0.2, 0.25) is 5.02 Å². The van der Waals surface area contributed by atoms with E-state index in [2.05, 4.69) is 15.0 Å². The number of hydrogen-bond donors (Lipinski definition) is 3. The van der Waals surface area contributed by atoms with Crippen LogP contribution in [-0.4, -0.2) is 43.3 Å². The number of aromatic carboxylic acids is 1. The summed E-state index contributed by atoms with van der Waals surface area (Å²) in [6.45, 7) is 2.12. The van der Waals surface area contributed by atoms with Crippen LogP contribution < -0.4 is 10.0 Å². The lowest BCUT2D eigenvalue weighted by Crippen LogP contribution is -2.29. The second-order valence-corrected chi connectivity index (χ2v) is 5.91. The molecule has 9 heteroatoms. The summed E-state index contributed by atoms with van der Waals surface area (Å²) < 4.78 is 25.1. The number of carboxylic acids is 1. The summed E-state index contributed by atoms with van der Waals surface area (Å²) in [5.41, 5.74) is -0.277. The van der Waals surface area contributed by atoms with Crippen molar-refractivity contribution < 1.29 is 18.3 Å². The molecule has 0 atom stereocenters. The van der Waals surface area contributed by atoms with Crippen LogP contribution in [0.3, 0.4) is 0 Å². The zero-order valence-corrected chi connectivity index (χ0v) is 11.8. The van der Waals surface area contributed by atoms with Crippen LogP contribution in [0.25, 0.3) is 0 Å². The lowest BCUT2D eigenvalue weighted by molar-refractivity contribution is 0.0691. The highest BCUT2D eigenvalue weighted by Gasteiger charge is 2.12. The van der Waals surface area contributed by atoms with Crippen molar-refractivity contribution in [3.63, 3.8) is 0 Å². The van der Waals surface area contributed by atoms with Crippen molar-refractivity contribution in [3.8, 4) is 0 Å². The molecule has 0 radical (unpaired) electrons. The number of anilines is 1. The van der Waals surface area contributed by atoms with Crippen molar-refractivity contribution >= 4 is 33.4 Å². The van der Waals surface area contributed by atoms with Crippen LogP contribution in [0.15, 0.2) is 12.1 Å². The fraction of sp³-hybridized carbons (Fsp3) is 0.400. The second kappa shape index (κ2) is 6.69. The van der Waals surface area contributed by atoms with Gasteiger partial charge in [-0.15, -0.1) is 0 Å². The third-order valence-corrected chi connectivity index (χ3v) is 3.86. The molecule has 106 valence electrons. The quantitative estimate of drug-likeness (QED) is 0.687. The molecule has 0 amide bonds. The lowest BCUT2D eigenvalue weighted by Gasteiger charge is -2.08. The summed E-state index contributed by atoms with van der Waals surface area (Å²) in [6.07, 6.45) is 0. The summed E-state index contributed by atoms with van der Waals surface area (Å²) in [4.78, 5) is 14.6. The molecule has 0 saturated carbocycles. The number of carbonyl (C=O) groups is 1. The van der Waals surface area contributed by atoms with E-state index in [1.165, 1.54) is 12.1 Å². The highest BCUT2D eigenvalue weighted by atomic mass is 35.5. The monoisotopic (exact) mass is 307 g/mol. The van der Waals surface area contributed by atoms with E-state index in [1.807, 2.05) is 0 Å². The molecule has 0 spiro atoms. The summed E-state index contributed by atoms with van der Waals surface area (Å²) >= 11 is 5.66. The Morgan fingerprint density at radius 1 is 1.47 bits per heavy atom. The Labute approximate surface area is 116 Å². The van der Waals surface area contributed by atoms with E-state index >= 15 is 0 Å². The molecule has 0 aliphatic rings. The number of rotatable bonds is 7. The minimum atomic E-state index is -3.32. The fourth-order valence-electron chi connectivity index (χ4n) is 1.30. The number of pyridine rings is 1. The molecule has 1 heterocycles. The van der Waals surface area contributed by atoms with E-state index in [0.29, 0.717) is 6.54 Å². The second-order valence-electron chi connectivity index (χ2n) is 3.58. The van der Waals surface area contributed by atoms with Gasteiger partial charge in [-0.05, 0) is 12.1 Å². The molecule has 0 unspecified atom stereocenters. The molecule has 1 rings (SSSR count). The molecule has 7 nitrogen and oxygen atoms in total. The molecule has 0 bridgehead atoms. The van der Waals surface area contributed by atoms with Gasteiger partial charge in [-0.25, -0.2) is 22.9 Å². The zero-order chi connectivity index (χ0) is 14.5. The van der Waals surface area contributed by atoms with Gasteiger partial charge in [0.1, 0.15) is 5.82 Å². The Bertz CT molecular complexity index is 562. The van der Waals surface area contributed by atoms with Crippen molar-refractivity contribution in [3.05, 3.63) is 22.8 Å². The summed E-state index contributed by atoms with van der Waals surface area (Å²) in [5.74, 6) is -1.12. The van der Waals surface area contributed by atoms with E-state index in [0.717, 1.165) is 0 Å². The molecular formula is C10H14ClN3O4S. The highest BCUT2D eigenvalue weighted by molar-refractivity contribution is 7.89. The fourth-order valence-corrected chi connectivity index (χ4v) is 2.44. The molecule has 3 N–H and O–H groups in total. The number of hydrogen-bond acceptors (Lipinski definition) is 5. The van der Waals surface area contributed by atoms with Gasteiger partial charge in [-0.3, -0.25) is 0 Å². The van der Waals surface area contributed by atoms with E-state index in [-0.39, 0.29) is 28.8 Å². The van der Waals surface area contributed by atoms with Crippen LogP contribution in [0, 0.1) is 0 Å². The molecular weight excluding hydrogens is 294 g/mol. The maximum atomic E-state index is 11.4. The third-order valence-electron chi connectivity index (χ3n) is 2.09. The van der Waals surface area contributed by atoms with E-state index < -0.39 is 16.0 Å². The Morgan fingerprint density at radius 2 is 2.16 bits per heavy atom. The summed E-state index contributed by atoms with van der Waals surface area (Å²) in [5, 5.41) is 11.6. The molecule has 1 aromatic rings. The zero-order valence-electron chi connectivity index (χ0n) is 10.2. The summed E-state index contributed by atoms with van der Waals surface area (Å²) in [7, 11) is -3.32. The standard InChI is InChI=1S/C10H14ClN3O4S/c1-2-13-19(17,18)6-5-12-8-4-3-7(11)9(14-8)10(15)16/h3-4,13H,2,5-6H2,1H3,(H,12,14)(H,15,16). The van der Waals surface area contributed by atoms with Crippen LogP contribution in [-0.2, 0) is 10.0 Å². The van der Waals surface area contributed by atoms with Gasteiger partial charge < -0.3 is 10.4 Å². The van der Waals surface area contributed by atoms with Crippen LogP contribution in [0.4, 0.5) is 5.82 Å². The van der Waals surface area contributed by atoms with Gasteiger partial charge in [0.2, 0.25) is 10.0 Å². The van der Waals surface area contributed by atoms with Crippen molar-refractivity contribution in [2.45, 2.75) is 6.92 Å².